The number of carbonyl (C=O) groups is 1. The zero-order valence-electron chi connectivity index (χ0n) is 14.3. The number of morpholine rings is 1. The number of fused-ring (bicyclic) bond motifs is 1. The van der Waals surface area contributed by atoms with Crippen LogP contribution in [0.4, 0.5) is 0 Å². The maximum absolute atomic E-state index is 12.7. The highest BCUT2D eigenvalue weighted by atomic mass is 16.5. The van der Waals surface area contributed by atoms with E-state index in [2.05, 4.69) is 42.3 Å². The molecule has 2 aliphatic rings. The van der Waals surface area contributed by atoms with Crippen LogP contribution in [0.3, 0.4) is 0 Å². The standard InChI is InChI=1S/C19H28N2O2/c1-19(2,21-10-12-23-13-11-21)14-20-18(22)17-9-5-7-15-6-3-4-8-16(15)17/h3-4,6,8,17H,5,7,9-14H2,1-2H3,(H,20,22)/t17-/m0/s1. The van der Waals surface area contributed by atoms with Gasteiger partial charge in [-0.15, -0.1) is 0 Å². The zero-order chi connectivity index (χ0) is 16.3. The van der Waals surface area contributed by atoms with Crippen LogP contribution in [-0.2, 0) is 16.0 Å². The number of aryl methyl sites for hydroxylation is 1. The summed E-state index contributed by atoms with van der Waals surface area (Å²) in [7, 11) is 0. The number of rotatable bonds is 4. The molecule has 0 saturated carbocycles. The number of carbonyl (C=O) groups excluding carboxylic acids is 1. The minimum atomic E-state index is -0.0341. The lowest BCUT2D eigenvalue weighted by Gasteiger charge is -2.41. The van der Waals surface area contributed by atoms with E-state index < -0.39 is 0 Å². The molecule has 1 amide bonds. The minimum Gasteiger partial charge on any atom is -0.379 e. The van der Waals surface area contributed by atoms with Crippen LogP contribution >= 0.6 is 0 Å². The second kappa shape index (κ2) is 7.02. The van der Waals surface area contributed by atoms with Crippen molar-refractivity contribution in [1.29, 1.82) is 0 Å². The minimum absolute atomic E-state index is 0.0143. The van der Waals surface area contributed by atoms with Gasteiger partial charge in [-0.3, -0.25) is 9.69 Å². The molecule has 0 unspecified atom stereocenters. The fourth-order valence-electron chi connectivity index (χ4n) is 3.73. The van der Waals surface area contributed by atoms with Crippen LogP contribution in [-0.4, -0.2) is 49.2 Å². The molecule has 1 atom stereocenters. The predicted molar refractivity (Wildman–Crippen MR) is 91.6 cm³/mol. The fraction of sp³-hybridized carbons (Fsp3) is 0.632. The quantitative estimate of drug-likeness (QED) is 0.927. The van der Waals surface area contributed by atoms with Gasteiger partial charge in [-0.05, 0) is 44.2 Å². The molecular formula is C19H28N2O2. The summed E-state index contributed by atoms with van der Waals surface area (Å²) < 4.78 is 5.43. The van der Waals surface area contributed by atoms with Crippen molar-refractivity contribution in [1.82, 2.24) is 10.2 Å². The molecule has 1 saturated heterocycles. The number of ether oxygens (including phenoxy) is 1. The van der Waals surface area contributed by atoms with E-state index >= 15 is 0 Å². The summed E-state index contributed by atoms with van der Waals surface area (Å²) in [5.41, 5.74) is 2.53. The van der Waals surface area contributed by atoms with Crippen molar-refractivity contribution in [2.45, 2.75) is 44.6 Å². The van der Waals surface area contributed by atoms with Gasteiger partial charge in [0.05, 0.1) is 19.1 Å². The molecule has 1 heterocycles. The molecule has 0 bridgehead atoms. The van der Waals surface area contributed by atoms with Gasteiger partial charge in [0.1, 0.15) is 0 Å². The Morgan fingerprint density at radius 1 is 1.30 bits per heavy atom. The summed E-state index contributed by atoms with van der Waals surface area (Å²) in [6, 6.07) is 8.39. The average Bonchev–Trinajstić information content (AvgIpc) is 2.60. The van der Waals surface area contributed by atoms with Crippen molar-refractivity contribution in [2.24, 2.45) is 0 Å². The molecule has 4 heteroatoms. The SMILES string of the molecule is CC(C)(CNC(=O)[C@H]1CCCc2ccccc21)N1CCOCC1. The second-order valence-electron chi connectivity index (χ2n) is 7.27. The molecule has 0 radical (unpaired) electrons. The Kier molecular flexibility index (Phi) is 5.02. The first-order valence-corrected chi connectivity index (χ1v) is 8.76. The Morgan fingerprint density at radius 2 is 2.04 bits per heavy atom. The van der Waals surface area contributed by atoms with Crippen LogP contribution in [0.5, 0.6) is 0 Å². The number of amides is 1. The fourth-order valence-corrected chi connectivity index (χ4v) is 3.73. The first-order valence-electron chi connectivity index (χ1n) is 8.76. The number of nitrogens with zero attached hydrogens (tertiary/aromatic N) is 1. The van der Waals surface area contributed by atoms with Gasteiger partial charge in [0.25, 0.3) is 0 Å². The molecule has 1 aliphatic carbocycles. The van der Waals surface area contributed by atoms with E-state index in [1.807, 2.05) is 6.07 Å². The largest absolute Gasteiger partial charge is 0.379 e. The van der Waals surface area contributed by atoms with Crippen molar-refractivity contribution in [3.8, 4) is 0 Å². The maximum atomic E-state index is 12.7. The van der Waals surface area contributed by atoms with Gasteiger partial charge in [0.15, 0.2) is 0 Å². The molecule has 1 aromatic carbocycles. The molecule has 4 nitrogen and oxygen atoms in total. The van der Waals surface area contributed by atoms with E-state index in [9.17, 15) is 4.79 Å². The van der Waals surface area contributed by atoms with Gasteiger partial charge in [-0.25, -0.2) is 0 Å². The van der Waals surface area contributed by atoms with Gasteiger partial charge in [-0.1, -0.05) is 24.3 Å². The van der Waals surface area contributed by atoms with Crippen molar-refractivity contribution in [2.75, 3.05) is 32.8 Å². The van der Waals surface area contributed by atoms with E-state index in [4.69, 9.17) is 4.74 Å². The lowest BCUT2D eigenvalue weighted by molar-refractivity contribution is -0.123. The molecule has 1 fully saturated rings. The Balaban J connectivity index is 1.61. The Bertz CT molecular complexity index is 550. The van der Waals surface area contributed by atoms with Crippen molar-refractivity contribution >= 4 is 5.91 Å². The summed E-state index contributed by atoms with van der Waals surface area (Å²) in [4.78, 5) is 15.1. The van der Waals surface area contributed by atoms with E-state index in [-0.39, 0.29) is 17.4 Å². The van der Waals surface area contributed by atoms with Crippen LogP contribution in [0.1, 0.15) is 43.7 Å². The third-order valence-electron chi connectivity index (χ3n) is 5.25. The molecular weight excluding hydrogens is 288 g/mol. The maximum Gasteiger partial charge on any atom is 0.227 e. The van der Waals surface area contributed by atoms with Gasteiger partial charge in [-0.2, -0.15) is 0 Å². The zero-order valence-corrected chi connectivity index (χ0v) is 14.3. The molecule has 126 valence electrons. The number of nitrogens with one attached hydrogen (secondary N) is 1. The third kappa shape index (κ3) is 3.75. The van der Waals surface area contributed by atoms with Crippen molar-refractivity contribution in [3.05, 3.63) is 35.4 Å². The van der Waals surface area contributed by atoms with E-state index in [1.165, 1.54) is 11.1 Å². The molecule has 1 aliphatic heterocycles. The molecule has 3 rings (SSSR count). The van der Waals surface area contributed by atoms with Crippen LogP contribution < -0.4 is 5.32 Å². The molecule has 1 N–H and O–H groups in total. The van der Waals surface area contributed by atoms with E-state index in [0.29, 0.717) is 6.54 Å². The first-order chi connectivity index (χ1) is 11.1. The summed E-state index contributed by atoms with van der Waals surface area (Å²) >= 11 is 0. The number of benzene rings is 1. The third-order valence-corrected chi connectivity index (χ3v) is 5.25. The van der Waals surface area contributed by atoms with Gasteiger partial charge >= 0.3 is 0 Å². The highest BCUT2D eigenvalue weighted by Crippen LogP contribution is 2.31. The average molecular weight is 316 g/mol. The summed E-state index contributed by atoms with van der Waals surface area (Å²) in [5.74, 6) is 0.193. The lowest BCUT2D eigenvalue weighted by Crippen LogP contribution is -2.55. The van der Waals surface area contributed by atoms with Crippen LogP contribution in [0.15, 0.2) is 24.3 Å². The lowest BCUT2D eigenvalue weighted by atomic mass is 9.82. The smallest absolute Gasteiger partial charge is 0.227 e. The van der Waals surface area contributed by atoms with E-state index in [0.717, 1.165) is 45.6 Å². The van der Waals surface area contributed by atoms with Gasteiger partial charge in [0.2, 0.25) is 5.91 Å². The number of hydrogen-bond acceptors (Lipinski definition) is 3. The second-order valence-corrected chi connectivity index (χ2v) is 7.27. The first kappa shape index (κ1) is 16.5. The highest BCUT2D eigenvalue weighted by Gasteiger charge is 2.31. The highest BCUT2D eigenvalue weighted by molar-refractivity contribution is 5.84. The molecule has 23 heavy (non-hydrogen) atoms. The summed E-state index contributed by atoms with van der Waals surface area (Å²) in [5, 5.41) is 3.21. The molecule has 0 aromatic heterocycles. The normalized spacial score (nSPS) is 22.4. The monoisotopic (exact) mass is 316 g/mol. The Labute approximate surface area is 139 Å². The summed E-state index contributed by atoms with van der Waals surface area (Å²) in [6.45, 7) is 8.54. The predicted octanol–water partition coefficient (Wildman–Crippen LogP) is 2.33. The van der Waals surface area contributed by atoms with Crippen LogP contribution in [0, 0.1) is 0 Å². The Hall–Kier alpha value is -1.39. The Morgan fingerprint density at radius 3 is 2.83 bits per heavy atom. The summed E-state index contributed by atoms with van der Waals surface area (Å²) in [6.07, 6.45) is 3.15. The van der Waals surface area contributed by atoms with E-state index in [1.54, 1.807) is 0 Å². The van der Waals surface area contributed by atoms with Gasteiger partial charge in [0, 0.05) is 25.2 Å². The van der Waals surface area contributed by atoms with Crippen molar-refractivity contribution < 1.29 is 9.53 Å². The van der Waals surface area contributed by atoms with Gasteiger partial charge < -0.3 is 10.1 Å². The van der Waals surface area contributed by atoms with Crippen molar-refractivity contribution in [3.63, 3.8) is 0 Å². The topological polar surface area (TPSA) is 41.6 Å². The number of hydrogen-bond donors (Lipinski definition) is 1. The molecule has 0 spiro atoms. The van der Waals surface area contributed by atoms with Crippen LogP contribution in [0.25, 0.3) is 0 Å². The van der Waals surface area contributed by atoms with Crippen LogP contribution in [0.2, 0.25) is 0 Å². The molecule has 1 aromatic rings.